The van der Waals surface area contributed by atoms with Crippen molar-refractivity contribution in [1.29, 1.82) is 0 Å². The molecule has 0 aliphatic heterocycles. The number of amides is 1. The van der Waals surface area contributed by atoms with Crippen LogP contribution >= 0.6 is 15.9 Å². The number of benzene rings is 1. The van der Waals surface area contributed by atoms with E-state index in [1.165, 1.54) is 12.1 Å². The molecule has 1 amide bonds. The largest absolute Gasteiger partial charge is 0.396 e. The van der Waals surface area contributed by atoms with Crippen LogP contribution < -0.4 is 11.1 Å². The number of aromatic nitrogens is 2. The third kappa shape index (κ3) is 2.11. The van der Waals surface area contributed by atoms with Crippen LogP contribution in [0.3, 0.4) is 0 Å². The van der Waals surface area contributed by atoms with Crippen LogP contribution in [0.25, 0.3) is 10.9 Å². The first-order valence-electron chi connectivity index (χ1n) is 6.28. The van der Waals surface area contributed by atoms with Crippen molar-refractivity contribution in [3.8, 4) is 0 Å². The van der Waals surface area contributed by atoms with Gasteiger partial charge in [-0.05, 0) is 47.3 Å². The fraction of sp³-hybridized carbons (Fsp3) is 0.308. The summed E-state index contributed by atoms with van der Waals surface area (Å²) >= 11 is 3.10. The summed E-state index contributed by atoms with van der Waals surface area (Å²) in [7, 11) is 0. The van der Waals surface area contributed by atoms with Gasteiger partial charge in [0.1, 0.15) is 11.3 Å². The lowest BCUT2D eigenvalue weighted by atomic mass is 9.93. The molecule has 7 heteroatoms. The predicted octanol–water partition coefficient (Wildman–Crippen LogP) is 2.40. The zero-order valence-corrected chi connectivity index (χ0v) is 12.1. The van der Waals surface area contributed by atoms with Gasteiger partial charge in [0, 0.05) is 11.4 Å². The zero-order valence-electron chi connectivity index (χ0n) is 10.5. The van der Waals surface area contributed by atoms with Gasteiger partial charge in [0.2, 0.25) is 0 Å². The highest BCUT2D eigenvalue weighted by atomic mass is 79.9. The molecule has 0 atom stereocenters. The van der Waals surface area contributed by atoms with E-state index in [-0.39, 0.29) is 27.8 Å². The summed E-state index contributed by atoms with van der Waals surface area (Å²) in [6, 6.07) is 2.97. The van der Waals surface area contributed by atoms with Crippen LogP contribution in [0.5, 0.6) is 0 Å². The van der Waals surface area contributed by atoms with Crippen molar-refractivity contribution in [3.63, 3.8) is 0 Å². The molecule has 1 aliphatic carbocycles. The Kier molecular flexibility index (Phi) is 3.29. The number of nitrogens with two attached hydrogens (primary N) is 1. The van der Waals surface area contributed by atoms with E-state index in [0.29, 0.717) is 10.9 Å². The Morgan fingerprint density at radius 3 is 2.80 bits per heavy atom. The molecular weight excluding hydrogens is 327 g/mol. The predicted molar refractivity (Wildman–Crippen MR) is 76.7 cm³/mol. The quantitative estimate of drug-likeness (QED) is 0.880. The van der Waals surface area contributed by atoms with Gasteiger partial charge in [-0.3, -0.25) is 4.79 Å². The molecule has 3 N–H and O–H groups in total. The molecule has 0 unspecified atom stereocenters. The molecule has 20 heavy (non-hydrogen) atoms. The zero-order chi connectivity index (χ0) is 14.3. The third-order valence-electron chi connectivity index (χ3n) is 3.52. The Morgan fingerprint density at radius 1 is 1.40 bits per heavy atom. The first-order valence-corrected chi connectivity index (χ1v) is 7.08. The van der Waals surface area contributed by atoms with E-state index < -0.39 is 5.82 Å². The minimum atomic E-state index is -0.446. The molecule has 0 bridgehead atoms. The number of nitrogen functional groups attached to an aromatic ring is 1. The molecule has 0 saturated heterocycles. The smallest absolute Gasteiger partial charge is 0.274 e. The van der Waals surface area contributed by atoms with Gasteiger partial charge in [-0.15, -0.1) is 10.2 Å². The number of rotatable bonds is 2. The second-order valence-corrected chi connectivity index (χ2v) is 5.61. The second kappa shape index (κ2) is 4.97. The van der Waals surface area contributed by atoms with Crippen molar-refractivity contribution in [2.24, 2.45) is 0 Å². The van der Waals surface area contributed by atoms with Gasteiger partial charge in [-0.2, -0.15) is 0 Å². The number of anilines is 1. The summed E-state index contributed by atoms with van der Waals surface area (Å²) in [5.41, 5.74) is 6.58. The molecule has 0 radical (unpaired) electrons. The average molecular weight is 339 g/mol. The summed E-state index contributed by atoms with van der Waals surface area (Å²) < 4.78 is 13.6. The summed E-state index contributed by atoms with van der Waals surface area (Å²) in [5.74, 6) is -0.778. The van der Waals surface area contributed by atoms with Crippen molar-refractivity contribution < 1.29 is 9.18 Å². The van der Waals surface area contributed by atoms with E-state index in [2.05, 4.69) is 31.4 Å². The molecule has 3 rings (SSSR count). The lowest BCUT2D eigenvalue weighted by Gasteiger charge is -2.26. The monoisotopic (exact) mass is 338 g/mol. The molecule has 1 aliphatic rings. The van der Waals surface area contributed by atoms with Crippen LogP contribution in [-0.4, -0.2) is 22.1 Å². The summed E-state index contributed by atoms with van der Waals surface area (Å²) in [6.07, 6.45) is 3.07. The number of nitrogens with one attached hydrogen (secondary N) is 1. The Labute approximate surface area is 122 Å². The van der Waals surface area contributed by atoms with E-state index in [0.717, 1.165) is 19.3 Å². The van der Waals surface area contributed by atoms with E-state index in [1.54, 1.807) is 0 Å². The molecule has 1 aromatic carbocycles. The number of halogens is 2. The minimum absolute atomic E-state index is 0.0860. The first-order chi connectivity index (χ1) is 9.58. The van der Waals surface area contributed by atoms with Gasteiger partial charge >= 0.3 is 0 Å². The van der Waals surface area contributed by atoms with Crippen LogP contribution in [0.1, 0.15) is 29.8 Å². The van der Waals surface area contributed by atoms with E-state index >= 15 is 0 Å². The van der Waals surface area contributed by atoms with Gasteiger partial charge in [0.15, 0.2) is 5.69 Å². The van der Waals surface area contributed by atoms with Gasteiger partial charge in [0.25, 0.3) is 5.91 Å². The lowest BCUT2D eigenvalue weighted by Crippen LogP contribution is -2.40. The molecular formula is C13H12BrFN4O. The summed E-state index contributed by atoms with van der Waals surface area (Å²) in [6.45, 7) is 0. The molecule has 1 aromatic heterocycles. The second-order valence-electron chi connectivity index (χ2n) is 4.82. The fourth-order valence-corrected chi connectivity index (χ4v) is 2.54. The molecule has 1 saturated carbocycles. The molecule has 104 valence electrons. The highest BCUT2D eigenvalue weighted by Gasteiger charge is 2.23. The minimum Gasteiger partial charge on any atom is -0.396 e. The third-order valence-corrected chi connectivity index (χ3v) is 4.27. The number of fused-ring (bicyclic) bond motifs is 1. The van der Waals surface area contributed by atoms with Crippen molar-refractivity contribution in [1.82, 2.24) is 15.5 Å². The first kappa shape index (κ1) is 13.2. The van der Waals surface area contributed by atoms with Crippen molar-refractivity contribution in [2.45, 2.75) is 25.3 Å². The molecule has 0 spiro atoms. The van der Waals surface area contributed by atoms with Crippen molar-refractivity contribution in [3.05, 3.63) is 28.1 Å². The van der Waals surface area contributed by atoms with Crippen LogP contribution in [0.15, 0.2) is 16.6 Å². The van der Waals surface area contributed by atoms with Gasteiger partial charge in [-0.1, -0.05) is 0 Å². The van der Waals surface area contributed by atoms with Crippen LogP contribution in [0.2, 0.25) is 0 Å². The summed E-state index contributed by atoms with van der Waals surface area (Å²) in [4.78, 5) is 12.1. The highest BCUT2D eigenvalue weighted by Crippen LogP contribution is 2.29. The van der Waals surface area contributed by atoms with Gasteiger partial charge < -0.3 is 11.1 Å². The maximum Gasteiger partial charge on any atom is 0.274 e. The Morgan fingerprint density at radius 2 is 2.15 bits per heavy atom. The normalized spacial score (nSPS) is 15.1. The topological polar surface area (TPSA) is 80.9 Å². The molecule has 1 heterocycles. The van der Waals surface area contributed by atoms with Crippen LogP contribution in [0, 0.1) is 5.82 Å². The average Bonchev–Trinajstić information content (AvgIpc) is 2.38. The Balaban J connectivity index is 2.02. The molecule has 5 nitrogen and oxygen atoms in total. The number of carbonyl (C=O) groups is 1. The van der Waals surface area contributed by atoms with E-state index in [1.807, 2.05) is 0 Å². The fourth-order valence-electron chi connectivity index (χ4n) is 2.11. The van der Waals surface area contributed by atoms with Crippen LogP contribution in [0.4, 0.5) is 10.1 Å². The molecule has 2 aromatic rings. The molecule has 1 fully saturated rings. The Hall–Kier alpha value is -1.76. The highest BCUT2D eigenvalue weighted by molar-refractivity contribution is 9.10. The number of hydrogen-bond donors (Lipinski definition) is 2. The van der Waals surface area contributed by atoms with Gasteiger partial charge in [0.05, 0.1) is 10.2 Å². The van der Waals surface area contributed by atoms with E-state index in [4.69, 9.17) is 5.73 Å². The van der Waals surface area contributed by atoms with Gasteiger partial charge in [-0.25, -0.2) is 4.39 Å². The maximum absolute atomic E-state index is 13.4. The lowest BCUT2D eigenvalue weighted by molar-refractivity contribution is 0.0912. The number of carbonyl (C=O) groups excluding carboxylic acids is 1. The van der Waals surface area contributed by atoms with E-state index in [9.17, 15) is 9.18 Å². The standard InChI is InChI=1S/C13H12BrFN4O/c14-9-8(15)5-4-7-10(16)12(19-18-11(7)9)13(20)17-6-2-1-3-6/h4-6H,1-3H2,(H2,16,18)(H,17,20). The SMILES string of the molecule is Nc1c(C(=O)NC2CCC2)nnc2c(Br)c(F)ccc12. The Bertz CT molecular complexity index is 702. The maximum atomic E-state index is 13.4. The van der Waals surface area contributed by atoms with Crippen molar-refractivity contribution >= 4 is 38.4 Å². The van der Waals surface area contributed by atoms with Crippen molar-refractivity contribution in [2.75, 3.05) is 5.73 Å². The number of nitrogens with zero attached hydrogens (tertiary/aromatic N) is 2. The number of hydrogen-bond acceptors (Lipinski definition) is 4. The van der Waals surface area contributed by atoms with Crippen LogP contribution in [-0.2, 0) is 0 Å². The summed E-state index contributed by atoms with van der Waals surface area (Å²) in [5, 5.41) is 11.1.